The van der Waals surface area contributed by atoms with Gasteiger partial charge < -0.3 is 58.3 Å². The number of allylic oxidation sites excluding steroid dienone is 3. The number of aliphatic hydroxyl groups excluding tert-OH is 2. The van der Waals surface area contributed by atoms with E-state index in [1.54, 1.807) is 45.9 Å². The van der Waals surface area contributed by atoms with Crippen LogP contribution in [-0.4, -0.2) is 131 Å². The van der Waals surface area contributed by atoms with Crippen molar-refractivity contribution < 1.29 is 82.3 Å². The van der Waals surface area contributed by atoms with E-state index in [-0.39, 0.29) is 50.5 Å². The first-order valence-electron chi connectivity index (χ1n) is 21.9. The minimum absolute atomic E-state index is 0.0721. The lowest BCUT2D eigenvalue weighted by Crippen LogP contribution is -2.62. The zero-order chi connectivity index (χ0) is 47.6. The van der Waals surface area contributed by atoms with Gasteiger partial charge in [-0.15, -0.1) is 0 Å². The predicted molar refractivity (Wildman–Crippen MR) is 228 cm³/mol. The van der Waals surface area contributed by atoms with E-state index in [0.717, 1.165) is 32.1 Å². The van der Waals surface area contributed by atoms with Gasteiger partial charge in [0, 0.05) is 56.3 Å². The lowest BCUT2D eigenvalue weighted by Gasteiger charge is -2.53. The van der Waals surface area contributed by atoms with Crippen molar-refractivity contribution in [3.63, 3.8) is 0 Å². The highest BCUT2D eigenvalue weighted by Gasteiger charge is 2.59. The minimum atomic E-state index is -2.47. The number of carbonyl (C=O) groups excluding carboxylic acids is 5. The summed E-state index contributed by atoms with van der Waals surface area (Å²) in [6.07, 6.45) is 2.55. The molecular formula is C47H68O17. The van der Waals surface area contributed by atoms with Gasteiger partial charge in [0.1, 0.15) is 12.2 Å². The summed E-state index contributed by atoms with van der Waals surface area (Å²) in [5, 5.41) is 47.5. The second-order valence-corrected chi connectivity index (χ2v) is 18.3. The summed E-state index contributed by atoms with van der Waals surface area (Å²) in [5.41, 5.74) is -2.06. The van der Waals surface area contributed by atoms with Gasteiger partial charge in [-0.3, -0.25) is 9.59 Å². The van der Waals surface area contributed by atoms with Crippen LogP contribution >= 0.6 is 0 Å². The number of hydrogen-bond acceptors (Lipinski definition) is 17. The van der Waals surface area contributed by atoms with Crippen LogP contribution in [0.25, 0.3) is 0 Å². The van der Waals surface area contributed by atoms with E-state index in [1.165, 1.54) is 33.1 Å². The third-order valence-corrected chi connectivity index (χ3v) is 12.4. The average Bonchev–Trinajstić information content (AvgIpc) is 3.19. The molecule has 0 amide bonds. The standard InChI is InChI=1S/C47H68O17/c1-10-11-12-13-14-15-39(51)62-43-31(22-41(53)58-9)21-34-25-37(28(2)48)61-42(54)24-32(50)23-35-26-38(59-29(3)49)45(6,7)46(55,63-35)27-36-19-30(20-40(52)57-8)18-33(60-36)16-17-44(4,5)47(43,56)64-34/h12-17,20,22,28,32-38,43,48,50,55-56H,10-11,18-19,21,23-27H2,1-9H3/b13-12+,15-14+,17-16-,30-20+,31-22+. The lowest BCUT2D eigenvalue weighted by molar-refractivity contribution is -0.348. The topological polar surface area (TPSA) is 240 Å². The number of methoxy groups -OCH3 is 2. The number of ether oxygens (including phenoxy) is 8. The summed E-state index contributed by atoms with van der Waals surface area (Å²) in [7, 11) is 2.40. The van der Waals surface area contributed by atoms with Crippen molar-refractivity contribution in [1.29, 1.82) is 0 Å². The summed E-state index contributed by atoms with van der Waals surface area (Å²) in [5.74, 6) is -8.31. The summed E-state index contributed by atoms with van der Waals surface area (Å²) in [6.45, 7) is 11.2. The van der Waals surface area contributed by atoms with Crippen molar-refractivity contribution in [3.05, 3.63) is 59.8 Å². The van der Waals surface area contributed by atoms with Crippen molar-refractivity contribution in [2.24, 2.45) is 10.8 Å². The number of carbonyl (C=O) groups is 5. The molecule has 0 radical (unpaired) electrons. The molecular weight excluding hydrogens is 836 g/mol. The van der Waals surface area contributed by atoms with Crippen LogP contribution in [0.1, 0.15) is 113 Å². The molecule has 64 heavy (non-hydrogen) atoms. The highest BCUT2D eigenvalue weighted by Crippen LogP contribution is 2.50. The molecule has 0 aromatic carbocycles. The monoisotopic (exact) mass is 904 g/mol. The molecule has 6 bridgehead atoms. The second kappa shape index (κ2) is 22.3. The molecule has 0 aromatic heterocycles. The number of unbranched alkanes of at least 4 members (excludes halogenated alkanes) is 1. The second-order valence-electron chi connectivity index (χ2n) is 18.3. The maximum atomic E-state index is 13.4. The van der Waals surface area contributed by atoms with Gasteiger partial charge in [0.2, 0.25) is 5.79 Å². The van der Waals surface area contributed by atoms with Gasteiger partial charge in [-0.1, -0.05) is 77.0 Å². The number of fused-ring (bicyclic) bond motifs is 6. The maximum absolute atomic E-state index is 13.4. The van der Waals surface area contributed by atoms with E-state index in [4.69, 9.17) is 37.9 Å². The Kier molecular flexibility index (Phi) is 18.3. The van der Waals surface area contributed by atoms with Gasteiger partial charge in [0.15, 0.2) is 11.9 Å². The largest absolute Gasteiger partial charge is 0.466 e. The van der Waals surface area contributed by atoms with E-state index >= 15 is 0 Å². The number of rotatable bonds is 9. The van der Waals surface area contributed by atoms with Gasteiger partial charge in [0.05, 0.1) is 62.7 Å². The summed E-state index contributed by atoms with van der Waals surface area (Å²) < 4.78 is 46.7. The Bertz CT molecular complexity index is 1830. The van der Waals surface area contributed by atoms with Crippen molar-refractivity contribution in [2.45, 2.75) is 179 Å². The highest BCUT2D eigenvalue weighted by molar-refractivity contribution is 5.85. The van der Waals surface area contributed by atoms with Crippen LogP contribution in [0, 0.1) is 10.8 Å². The molecule has 4 heterocycles. The lowest BCUT2D eigenvalue weighted by atomic mass is 9.70. The molecule has 4 N–H and O–H groups in total. The van der Waals surface area contributed by atoms with E-state index in [1.807, 2.05) is 13.0 Å². The van der Waals surface area contributed by atoms with Gasteiger partial charge in [-0.25, -0.2) is 14.4 Å². The van der Waals surface area contributed by atoms with Crippen molar-refractivity contribution in [1.82, 2.24) is 0 Å². The van der Waals surface area contributed by atoms with Gasteiger partial charge in [-0.2, -0.15) is 0 Å². The molecule has 17 heteroatoms. The van der Waals surface area contributed by atoms with Crippen LogP contribution in [0.2, 0.25) is 0 Å². The van der Waals surface area contributed by atoms with E-state index in [0.29, 0.717) is 5.57 Å². The predicted octanol–water partition coefficient (Wildman–Crippen LogP) is 4.28. The molecule has 17 nitrogen and oxygen atoms in total. The summed E-state index contributed by atoms with van der Waals surface area (Å²) in [6, 6.07) is 0. The summed E-state index contributed by atoms with van der Waals surface area (Å²) in [4.78, 5) is 64.7. The fraction of sp³-hybridized carbons (Fsp3) is 0.681. The molecule has 11 unspecified atom stereocenters. The van der Waals surface area contributed by atoms with Crippen LogP contribution in [0.4, 0.5) is 0 Å². The Labute approximate surface area is 375 Å². The fourth-order valence-electron chi connectivity index (χ4n) is 8.57. The molecule has 0 aromatic rings. The number of esters is 5. The third kappa shape index (κ3) is 13.4. The first-order valence-corrected chi connectivity index (χ1v) is 21.9. The average molecular weight is 905 g/mol. The third-order valence-electron chi connectivity index (χ3n) is 12.4. The molecule has 0 spiro atoms. The van der Waals surface area contributed by atoms with Crippen LogP contribution < -0.4 is 0 Å². The van der Waals surface area contributed by atoms with Gasteiger partial charge in [0.25, 0.3) is 0 Å². The first-order chi connectivity index (χ1) is 29.9. The molecule has 4 rings (SSSR count). The Balaban J connectivity index is 1.89. The number of cyclic esters (lactones) is 1. The van der Waals surface area contributed by atoms with E-state index < -0.39 is 114 Å². The van der Waals surface area contributed by atoms with Crippen LogP contribution in [-0.2, 0) is 61.9 Å². The normalized spacial score (nSPS) is 35.8. The Morgan fingerprint density at radius 2 is 1.56 bits per heavy atom. The zero-order valence-corrected chi connectivity index (χ0v) is 38.5. The van der Waals surface area contributed by atoms with Crippen molar-refractivity contribution in [3.8, 4) is 0 Å². The van der Waals surface area contributed by atoms with E-state index in [9.17, 15) is 44.4 Å². The SMILES string of the molecule is CCC/C=C/C=C/C(=O)OC1/C(=C/C(=O)OC)CC2CC(C(C)O)OC(=O)CC(O)CC3CC(OC(C)=O)C(C)(C)C(O)(CC4C/C(=C/C(=O)OC)CC(/C=C\C(C)(C)C1(O)O2)O4)O3. The molecule has 4 aliphatic rings. The number of aliphatic hydroxyl groups is 4. The van der Waals surface area contributed by atoms with Crippen LogP contribution in [0.5, 0.6) is 0 Å². The molecule has 0 saturated carbocycles. The molecule has 358 valence electrons. The maximum Gasteiger partial charge on any atom is 0.331 e. The first kappa shape index (κ1) is 52.4. The quantitative estimate of drug-likeness (QED) is 0.0830. The summed E-state index contributed by atoms with van der Waals surface area (Å²) >= 11 is 0. The minimum Gasteiger partial charge on any atom is -0.466 e. The van der Waals surface area contributed by atoms with Crippen LogP contribution in [0.15, 0.2) is 59.8 Å². The molecule has 3 saturated heterocycles. The highest BCUT2D eigenvalue weighted by atomic mass is 16.7. The Morgan fingerprint density at radius 3 is 2.20 bits per heavy atom. The Morgan fingerprint density at radius 1 is 0.875 bits per heavy atom. The van der Waals surface area contributed by atoms with Crippen molar-refractivity contribution >= 4 is 29.8 Å². The van der Waals surface area contributed by atoms with Gasteiger partial charge in [-0.05, 0) is 38.2 Å². The van der Waals surface area contributed by atoms with Crippen LogP contribution in [0.3, 0.4) is 0 Å². The molecule has 0 aliphatic carbocycles. The molecule has 3 fully saturated rings. The van der Waals surface area contributed by atoms with Crippen molar-refractivity contribution in [2.75, 3.05) is 14.2 Å². The molecule has 4 aliphatic heterocycles. The zero-order valence-electron chi connectivity index (χ0n) is 38.5. The van der Waals surface area contributed by atoms with E-state index in [2.05, 4.69) is 0 Å². The fourth-order valence-corrected chi connectivity index (χ4v) is 8.57. The smallest absolute Gasteiger partial charge is 0.331 e. The van der Waals surface area contributed by atoms with Gasteiger partial charge >= 0.3 is 29.8 Å². The Hall–Kier alpha value is -4.23. The number of hydrogen-bond donors (Lipinski definition) is 4. The molecule has 11 atom stereocenters.